The van der Waals surface area contributed by atoms with E-state index in [1.54, 1.807) is 0 Å². The van der Waals surface area contributed by atoms with Gasteiger partial charge in [-0.1, -0.05) is 109 Å². The third-order valence-electron chi connectivity index (χ3n) is 5.99. The van der Waals surface area contributed by atoms with E-state index in [1.165, 1.54) is 29.5 Å². The van der Waals surface area contributed by atoms with Gasteiger partial charge >= 0.3 is 0 Å². The summed E-state index contributed by atoms with van der Waals surface area (Å²) in [6.07, 6.45) is 3.47. The van der Waals surface area contributed by atoms with E-state index in [1.807, 2.05) is 0 Å². The van der Waals surface area contributed by atoms with Gasteiger partial charge in [-0.05, 0) is 41.0 Å². The van der Waals surface area contributed by atoms with Gasteiger partial charge in [-0.15, -0.1) is 11.5 Å². The van der Waals surface area contributed by atoms with Gasteiger partial charge in [-0.25, -0.2) is 0 Å². The third-order valence-corrected chi connectivity index (χ3v) is 7.19. The van der Waals surface area contributed by atoms with Crippen LogP contribution in [-0.2, 0) is 10.0 Å². The van der Waals surface area contributed by atoms with E-state index in [0.717, 1.165) is 12.0 Å². The zero-order chi connectivity index (χ0) is 23.3. The first kappa shape index (κ1) is 25.7. The van der Waals surface area contributed by atoms with Crippen molar-refractivity contribution in [3.05, 3.63) is 70.8 Å². The first-order valence-electron chi connectivity index (χ1n) is 11.5. The highest BCUT2D eigenvalue weighted by Crippen LogP contribution is 2.49. The molecule has 0 aliphatic carbocycles. The second kappa shape index (κ2) is 10.3. The summed E-state index contributed by atoms with van der Waals surface area (Å²) in [4.78, 5) is 0. The van der Waals surface area contributed by atoms with Gasteiger partial charge in [0.25, 0.3) is 0 Å². The molecule has 2 unspecified atom stereocenters. The highest BCUT2D eigenvalue weighted by molar-refractivity contribution is 6.83. The van der Waals surface area contributed by atoms with Gasteiger partial charge in [-0.3, -0.25) is 0 Å². The Kier molecular flexibility index (Phi) is 8.56. The molecule has 3 radical (unpaired) electrons. The standard InChI is InChI=1S/C28H39OSi2/c1-9-10-15-23(20-21-31(6,7)8)25-18-14-19-26(22(25)2)28(29-30,27(3,4)5)24-16-12-11-13-17-24/h11-14,16-19,23H,9-10,15H2,1-8H3. The molecule has 165 valence electrons. The average molecular weight is 448 g/mol. The van der Waals surface area contributed by atoms with Gasteiger partial charge in [0.1, 0.15) is 13.7 Å². The van der Waals surface area contributed by atoms with Gasteiger partial charge in [0.2, 0.25) is 10.5 Å². The molecule has 1 nitrogen and oxygen atoms in total. The Hall–Kier alpha value is -1.61. The van der Waals surface area contributed by atoms with Crippen molar-refractivity contribution in [1.29, 1.82) is 0 Å². The van der Waals surface area contributed by atoms with E-state index in [4.69, 9.17) is 4.43 Å². The maximum Gasteiger partial charge on any atom is 0.248 e. The summed E-state index contributed by atoms with van der Waals surface area (Å²) in [7, 11) is 2.07. The van der Waals surface area contributed by atoms with E-state index in [0.29, 0.717) is 0 Å². The van der Waals surface area contributed by atoms with Crippen LogP contribution in [0.15, 0.2) is 48.5 Å². The van der Waals surface area contributed by atoms with Crippen molar-refractivity contribution in [2.24, 2.45) is 5.41 Å². The molecular formula is C28H39OSi2. The minimum atomic E-state index is -1.44. The molecule has 2 aromatic carbocycles. The minimum Gasteiger partial charge on any atom is -0.405 e. The maximum atomic E-state index is 6.26. The molecule has 2 aromatic rings. The smallest absolute Gasteiger partial charge is 0.248 e. The molecule has 2 atom stereocenters. The fourth-order valence-electron chi connectivity index (χ4n) is 4.36. The van der Waals surface area contributed by atoms with E-state index in [-0.39, 0.29) is 11.3 Å². The van der Waals surface area contributed by atoms with Gasteiger partial charge < -0.3 is 4.43 Å². The fourth-order valence-corrected chi connectivity index (χ4v) is 5.50. The molecule has 0 fully saturated rings. The number of hydrogen-bond donors (Lipinski definition) is 0. The topological polar surface area (TPSA) is 9.23 Å². The quantitative estimate of drug-likeness (QED) is 0.315. The van der Waals surface area contributed by atoms with Crippen LogP contribution >= 0.6 is 0 Å². The van der Waals surface area contributed by atoms with E-state index < -0.39 is 13.7 Å². The van der Waals surface area contributed by atoms with Crippen LogP contribution in [0.25, 0.3) is 0 Å². The van der Waals surface area contributed by atoms with Crippen LogP contribution in [0.2, 0.25) is 19.6 Å². The molecule has 0 N–H and O–H groups in total. The Bertz CT molecular complexity index is 910. The van der Waals surface area contributed by atoms with Crippen molar-refractivity contribution in [3.63, 3.8) is 0 Å². The van der Waals surface area contributed by atoms with Crippen LogP contribution in [0.4, 0.5) is 0 Å². The van der Waals surface area contributed by atoms with Crippen LogP contribution < -0.4 is 0 Å². The number of rotatable bonds is 7. The summed E-state index contributed by atoms with van der Waals surface area (Å²) in [5.74, 6) is 3.94. The molecule has 0 aromatic heterocycles. The minimum absolute atomic E-state index is 0.178. The molecule has 0 spiro atoms. The third kappa shape index (κ3) is 5.80. The molecule has 0 heterocycles. The van der Waals surface area contributed by atoms with E-state index in [9.17, 15) is 0 Å². The number of benzene rings is 2. The number of hydrogen-bond acceptors (Lipinski definition) is 1. The van der Waals surface area contributed by atoms with Crippen LogP contribution in [0.1, 0.15) is 75.1 Å². The average Bonchev–Trinajstić information content (AvgIpc) is 2.70. The Morgan fingerprint density at radius 3 is 2.16 bits per heavy atom. The van der Waals surface area contributed by atoms with Crippen molar-refractivity contribution in [2.75, 3.05) is 0 Å². The largest absolute Gasteiger partial charge is 0.405 e. The fraction of sp³-hybridized carbons (Fsp3) is 0.500. The van der Waals surface area contributed by atoms with Gasteiger partial charge in [-0.2, -0.15) is 0 Å². The predicted octanol–water partition coefficient (Wildman–Crippen LogP) is 7.54. The lowest BCUT2D eigenvalue weighted by molar-refractivity contribution is 0.00613. The zero-order valence-corrected chi connectivity index (χ0v) is 22.7. The lowest BCUT2D eigenvalue weighted by Gasteiger charge is -2.46. The van der Waals surface area contributed by atoms with Crippen molar-refractivity contribution in [3.8, 4) is 11.5 Å². The lowest BCUT2D eigenvalue weighted by Crippen LogP contribution is -2.44. The van der Waals surface area contributed by atoms with E-state index >= 15 is 0 Å². The van der Waals surface area contributed by atoms with Crippen molar-refractivity contribution < 1.29 is 4.43 Å². The second-order valence-corrected chi connectivity index (χ2v) is 15.6. The van der Waals surface area contributed by atoms with Crippen LogP contribution in [0, 0.1) is 23.8 Å². The first-order valence-corrected chi connectivity index (χ1v) is 15.4. The summed E-state index contributed by atoms with van der Waals surface area (Å²) in [5, 5.41) is 0. The molecular weight excluding hydrogens is 408 g/mol. The first-order chi connectivity index (χ1) is 14.5. The Balaban J connectivity index is 2.74. The summed E-state index contributed by atoms with van der Waals surface area (Å²) in [5.41, 5.74) is 7.82. The summed E-state index contributed by atoms with van der Waals surface area (Å²) in [6.45, 7) is 18.2. The monoisotopic (exact) mass is 447 g/mol. The van der Waals surface area contributed by atoms with Crippen molar-refractivity contribution in [2.45, 2.75) is 85.0 Å². The molecule has 31 heavy (non-hydrogen) atoms. The Morgan fingerprint density at radius 2 is 1.65 bits per heavy atom. The molecule has 0 aliphatic rings. The molecule has 3 heteroatoms. The molecule has 0 saturated carbocycles. The summed E-state index contributed by atoms with van der Waals surface area (Å²) in [6, 6.07) is 17.2. The maximum absolute atomic E-state index is 6.26. The van der Waals surface area contributed by atoms with Gasteiger partial charge in [0.05, 0.1) is 0 Å². The Labute approximate surface area is 195 Å². The van der Waals surface area contributed by atoms with Crippen LogP contribution in [-0.4, -0.2) is 18.6 Å². The molecule has 0 bridgehead atoms. The Morgan fingerprint density at radius 1 is 1.00 bits per heavy atom. The SMILES string of the molecule is CCCCC(C#C[Si](C)(C)C)c1cccc(C(O[Si])(c2ccccc2)C(C)(C)C)c1C. The summed E-state index contributed by atoms with van der Waals surface area (Å²) >= 11 is 0. The molecule has 2 rings (SSSR count). The van der Waals surface area contributed by atoms with Crippen molar-refractivity contribution in [1.82, 2.24) is 0 Å². The number of unbranched alkanes of at least 4 members (excludes halogenated alkanes) is 1. The lowest BCUT2D eigenvalue weighted by atomic mass is 9.66. The normalized spacial score (nSPS) is 15.0. The summed E-state index contributed by atoms with van der Waals surface area (Å²) < 4.78 is 6.26. The highest BCUT2D eigenvalue weighted by Gasteiger charge is 2.46. The van der Waals surface area contributed by atoms with E-state index in [2.05, 4.69) is 125 Å². The second-order valence-electron chi connectivity index (χ2n) is 10.6. The van der Waals surface area contributed by atoms with Crippen LogP contribution in [0.5, 0.6) is 0 Å². The molecule has 0 saturated heterocycles. The van der Waals surface area contributed by atoms with Crippen LogP contribution in [0.3, 0.4) is 0 Å². The van der Waals surface area contributed by atoms with Gasteiger partial charge in [0, 0.05) is 5.92 Å². The molecule has 0 amide bonds. The molecule has 0 aliphatic heterocycles. The van der Waals surface area contributed by atoms with Crippen molar-refractivity contribution >= 4 is 18.6 Å². The predicted molar refractivity (Wildman–Crippen MR) is 138 cm³/mol. The van der Waals surface area contributed by atoms with Gasteiger partial charge in [0.15, 0.2) is 0 Å². The highest BCUT2D eigenvalue weighted by atomic mass is 28.3. The zero-order valence-electron chi connectivity index (χ0n) is 20.7.